The van der Waals surface area contributed by atoms with Crippen molar-refractivity contribution in [2.45, 2.75) is 45.8 Å². The summed E-state index contributed by atoms with van der Waals surface area (Å²) in [4.78, 5) is 7.31. The Kier molecular flexibility index (Phi) is 6.91. The second kappa shape index (κ2) is 10.1. The molecule has 3 N–H and O–H groups in total. The van der Waals surface area contributed by atoms with E-state index in [0.717, 1.165) is 52.8 Å². The van der Waals surface area contributed by atoms with Gasteiger partial charge in [-0.1, -0.05) is 13.0 Å². The predicted octanol–water partition coefficient (Wildman–Crippen LogP) is 6.36. The van der Waals surface area contributed by atoms with Crippen LogP contribution in [-0.4, -0.2) is 28.7 Å². The molecule has 0 atom stereocenters. The number of benzene rings is 2. The molecule has 1 fully saturated rings. The van der Waals surface area contributed by atoms with Crippen LogP contribution in [0.15, 0.2) is 48.7 Å². The van der Waals surface area contributed by atoms with Crippen LogP contribution >= 0.6 is 0 Å². The molecular weight excluding hydrogens is 531 g/mol. The van der Waals surface area contributed by atoms with Gasteiger partial charge in [-0.05, 0) is 68.0 Å². The molecule has 2 aromatic carbocycles. The molecular formula is C27H28F3N5O3S. The molecule has 0 saturated heterocycles. The van der Waals surface area contributed by atoms with E-state index in [9.17, 15) is 21.6 Å². The summed E-state index contributed by atoms with van der Waals surface area (Å²) in [7, 11) is -3.43. The summed E-state index contributed by atoms with van der Waals surface area (Å²) < 4.78 is 74.1. The van der Waals surface area contributed by atoms with Gasteiger partial charge in [0, 0.05) is 35.4 Å². The van der Waals surface area contributed by atoms with Crippen molar-refractivity contribution in [3.8, 4) is 23.0 Å². The first-order valence-electron chi connectivity index (χ1n) is 12.6. The predicted molar refractivity (Wildman–Crippen MR) is 144 cm³/mol. The highest BCUT2D eigenvalue weighted by molar-refractivity contribution is 7.92. The number of nitrogens with zero attached hydrogens (tertiary/aromatic N) is 3. The van der Waals surface area contributed by atoms with Gasteiger partial charge in [-0.3, -0.25) is 4.72 Å². The second-order valence-electron chi connectivity index (χ2n) is 9.77. The minimum atomic E-state index is -4.61. The molecule has 5 rings (SSSR count). The van der Waals surface area contributed by atoms with Gasteiger partial charge in [-0.25, -0.2) is 13.4 Å². The SMILES string of the molecule is CCCS(=O)(=O)Nc1ccc(-c2c(N)c3ccc(Oc4nccc(C(F)(F)F)n4)cc3n2CC2CC2)c(C)c1. The molecule has 2 heterocycles. The number of nitrogens with two attached hydrogens (primary N) is 1. The van der Waals surface area contributed by atoms with E-state index in [0.29, 0.717) is 30.3 Å². The number of hydrogen-bond donors (Lipinski definition) is 2. The summed E-state index contributed by atoms with van der Waals surface area (Å²) >= 11 is 0. The monoisotopic (exact) mass is 559 g/mol. The van der Waals surface area contributed by atoms with Crippen LogP contribution in [0.25, 0.3) is 22.2 Å². The fraction of sp³-hybridized carbons (Fsp3) is 0.333. The maximum atomic E-state index is 13.1. The lowest BCUT2D eigenvalue weighted by molar-refractivity contribution is -0.141. The number of fused-ring (bicyclic) bond motifs is 1. The molecule has 1 aliphatic rings. The molecule has 12 heteroatoms. The molecule has 0 bridgehead atoms. The van der Waals surface area contributed by atoms with Crippen molar-refractivity contribution >= 4 is 32.3 Å². The number of aryl methyl sites for hydroxylation is 1. The standard InChI is InChI=1S/C27H28F3N5O3S/c1-3-12-39(36,37)34-18-6-8-20(16(2)13-18)25-24(31)21-9-7-19(14-22(21)35(25)15-17-4-5-17)38-26-32-11-10-23(33-26)27(28,29)30/h6-11,13-14,17,34H,3-5,12,15,31H2,1-2H3. The Morgan fingerprint density at radius 2 is 1.92 bits per heavy atom. The Labute approximate surface area is 224 Å². The largest absolute Gasteiger partial charge is 0.433 e. The summed E-state index contributed by atoms with van der Waals surface area (Å²) in [5.41, 5.74) is 9.86. The quantitative estimate of drug-likeness (QED) is 0.247. The maximum absolute atomic E-state index is 13.1. The number of anilines is 2. The Morgan fingerprint density at radius 3 is 2.59 bits per heavy atom. The van der Waals surface area contributed by atoms with Crippen LogP contribution in [0.4, 0.5) is 24.5 Å². The first-order valence-corrected chi connectivity index (χ1v) is 14.2. The normalized spacial score (nSPS) is 14.1. The van der Waals surface area contributed by atoms with Gasteiger partial charge >= 0.3 is 12.2 Å². The van der Waals surface area contributed by atoms with E-state index in [-0.39, 0.29) is 11.5 Å². The lowest BCUT2D eigenvalue weighted by Crippen LogP contribution is -2.16. The summed E-state index contributed by atoms with van der Waals surface area (Å²) in [5.74, 6) is 0.794. The fourth-order valence-electron chi connectivity index (χ4n) is 4.60. The number of ether oxygens (including phenoxy) is 1. The molecule has 4 aromatic rings. The average molecular weight is 560 g/mol. The third kappa shape index (κ3) is 5.80. The Morgan fingerprint density at radius 1 is 1.15 bits per heavy atom. The van der Waals surface area contributed by atoms with Gasteiger partial charge in [-0.2, -0.15) is 18.2 Å². The lowest BCUT2D eigenvalue weighted by Gasteiger charge is -2.15. The molecule has 206 valence electrons. The molecule has 1 saturated carbocycles. The van der Waals surface area contributed by atoms with Crippen molar-refractivity contribution in [2.75, 3.05) is 16.2 Å². The van der Waals surface area contributed by atoms with E-state index in [2.05, 4.69) is 19.3 Å². The highest BCUT2D eigenvalue weighted by Crippen LogP contribution is 2.42. The Bertz CT molecular complexity index is 1650. The highest BCUT2D eigenvalue weighted by atomic mass is 32.2. The topological polar surface area (TPSA) is 112 Å². The fourth-order valence-corrected chi connectivity index (χ4v) is 5.73. The summed E-state index contributed by atoms with van der Waals surface area (Å²) in [5, 5.41) is 0.773. The van der Waals surface area contributed by atoms with E-state index in [1.165, 1.54) is 0 Å². The first kappa shape index (κ1) is 26.8. The first-order chi connectivity index (χ1) is 18.4. The average Bonchev–Trinajstić information content (AvgIpc) is 3.64. The zero-order chi connectivity index (χ0) is 27.9. The third-order valence-corrected chi connectivity index (χ3v) is 8.07. The third-order valence-electron chi connectivity index (χ3n) is 6.57. The maximum Gasteiger partial charge on any atom is 0.433 e. The number of nitrogen functional groups attached to an aromatic ring is 1. The van der Waals surface area contributed by atoms with Gasteiger partial charge < -0.3 is 15.0 Å². The van der Waals surface area contributed by atoms with Gasteiger partial charge in [0.05, 0.1) is 22.7 Å². The van der Waals surface area contributed by atoms with E-state index >= 15 is 0 Å². The van der Waals surface area contributed by atoms with Crippen LogP contribution in [0.2, 0.25) is 0 Å². The molecule has 2 aromatic heterocycles. The second-order valence-corrected chi connectivity index (χ2v) is 11.6. The van der Waals surface area contributed by atoms with Gasteiger partial charge in [0.1, 0.15) is 5.75 Å². The van der Waals surface area contributed by atoms with Crippen molar-refractivity contribution in [1.29, 1.82) is 0 Å². The number of hydrogen-bond acceptors (Lipinski definition) is 6. The zero-order valence-corrected chi connectivity index (χ0v) is 22.2. The van der Waals surface area contributed by atoms with Crippen molar-refractivity contribution < 1.29 is 26.3 Å². The molecule has 0 aliphatic heterocycles. The zero-order valence-electron chi connectivity index (χ0n) is 21.4. The van der Waals surface area contributed by atoms with Crippen LogP contribution < -0.4 is 15.2 Å². The Hall–Kier alpha value is -3.80. The molecule has 1 aliphatic carbocycles. The molecule has 0 radical (unpaired) electrons. The lowest BCUT2D eigenvalue weighted by atomic mass is 10.0. The minimum absolute atomic E-state index is 0.0340. The number of sulfonamides is 1. The summed E-state index contributed by atoms with van der Waals surface area (Å²) in [6, 6.07) is 10.8. The molecule has 0 amide bonds. The van der Waals surface area contributed by atoms with Crippen molar-refractivity contribution in [2.24, 2.45) is 5.92 Å². The van der Waals surface area contributed by atoms with Crippen molar-refractivity contribution in [1.82, 2.24) is 14.5 Å². The van der Waals surface area contributed by atoms with Crippen LogP contribution in [-0.2, 0) is 22.7 Å². The number of rotatable bonds is 9. The van der Waals surface area contributed by atoms with E-state index < -0.39 is 27.9 Å². The van der Waals surface area contributed by atoms with E-state index in [1.54, 1.807) is 37.3 Å². The molecule has 39 heavy (non-hydrogen) atoms. The van der Waals surface area contributed by atoms with Gasteiger partial charge in [0.25, 0.3) is 0 Å². The van der Waals surface area contributed by atoms with E-state index in [4.69, 9.17) is 10.5 Å². The summed E-state index contributed by atoms with van der Waals surface area (Å²) in [6.45, 7) is 4.40. The number of halogens is 3. The van der Waals surface area contributed by atoms with Crippen LogP contribution in [0.3, 0.4) is 0 Å². The molecule has 0 spiro atoms. The molecule has 8 nitrogen and oxygen atoms in total. The van der Waals surface area contributed by atoms with Crippen LogP contribution in [0.1, 0.15) is 37.4 Å². The highest BCUT2D eigenvalue weighted by Gasteiger charge is 2.33. The number of alkyl halides is 3. The Balaban J connectivity index is 1.54. The number of nitrogens with one attached hydrogen (secondary N) is 1. The molecule has 0 unspecified atom stereocenters. The minimum Gasteiger partial charge on any atom is -0.424 e. The smallest absolute Gasteiger partial charge is 0.424 e. The summed E-state index contributed by atoms with van der Waals surface area (Å²) in [6.07, 6.45) is -0.925. The van der Waals surface area contributed by atoms with Gasteiger partial charge in [-0.15, -0.1) is 0 Å². The van der Waals surface area contributed by atoms with Gasteiger partial charge in [0.15, 0.2) is 5.69 Å². The van der Waals surface area contributed by atoms with E-state index in [1.807, 2.05) is 13.0 Å². The van der Waals surface area contributed by atoms with Gasteiger partial charge in [0.2, 0.25) is 10.0 Å². The van der Waals surface area contributed by atoms with Crippen LogP contribution in [0, 0.1) is 12.8 Å². The van der Waals surface area contributed by atoms with Crippen molar-refractivity contribution in [3.05, 3.63) is 59.9 Å². The number of aromatic nitrogens is 3. The van der Waals surface area contributed by atoms with Crippen LogP contribution in [0.5, 0.6) is 11.8 Å². The van der Waals surface area contributed by atoms with Crippen molar-refractivity contribution in [3.63, 3.8) is 0 Å².